The predicted octanol–water partition coefficient (Wildman–Crippen LogP) is 4.80. The van der Waals surface area contributed by atoms with E-state index in [4.69, 9.17) is 28.9 Å². The van der Waals surface area contributed by atoms with Crippen molar-refractivity contribution in [2.45, 2.75) is 13.8 Å². The Morgan fingerprint density at radius 3 is 2.53 bits per heavy atom. The molecule has 6 heteroatoms. The van der Waals surface area contributed by atoms with Crippen molar-refractivity contribution in [3.63, 3.8) is 0 Å². The van der Waals surface area contributed by atoms with Crippen molar-refractivity contribution in [1.82, 2.24) is 9.97 Å². The highest BCUT2D eigenvalue weighted by Crippen LogP contribution is 2.38. The largest absolute Gasteiger partial charge is 0.390 e. The fraction of sp³-hybridized carbons (Fsp3) is 0.154. The van der Waals surface area contributed by atoms with Gasteiger partial charge in [-0.2, -0.15) is 0 Å². The number of aromatic nitrogens is 2. The summed E-state index contributed by atoms with van der Waals surface area (Å²) in [5.41, 5.74) is 9.82. The Labute approximate surface area is 124 Å². The first kappa shape index (κ1) is 12.8. The molecular weight excluding hydrogens is 301 g/mol. The van der Waals surface area contributed by atoms with Crippen molar-refractivity contribution in [1.29, 1.82) is 0 Å². The second-order valence-electron chi connectivity index (χ2n) is 4.39. The molecular formula is C13H11Cl2N3S. The second-order valence-corrected chi connectivity index (χ2v) is 6.46. The molecule has 2 aromatic heterocycles. The highest BCUT2D eigenvalue weighted by atomic mass is 35.5. The lowest BCUT2D eigenvalue weighted by molar-refractivity contribution is 1.31. The van der Waals surface area contributed by atoms with Crippen molar-refractivity contribution in [2.24, 2.45) is 0 Å². The van der Waals surface area contributed by atoms with Crippen LogP contribution in [0.2, 0.25) is 10.0 Å². The molecule has 0 aliphatic rings. The van der Waals surface area contributed by atoms with Crippen molar-refractivity contribution in [2.75, 3.05) is 5.73 Å². The number of aryl methyl sites for hydroxylation is 1. The quantitative estimate of drug-likeness (QED) is 0.678. The maximum Gasteiger partial charge on any atom is 0.141 e. The fourth-order valence-corrected chi connectivity index (χ4v) is 3.33. The third-order valence-electron chi connectivity index (χ3n) is 3.17. The van der Waals surface area contributed by atoms with Gasteiger partial charge in [0, 0.05) is 4.88 Å². The van der Waals surface area contributed by atoms with Crippen LogP contribution in [0.3, 0.4) is 0 Å². The topological polar surface area (TPSA) is 54.7 Å². The van der Waals surface area contributed by atoms with Gasteiger partial charge in [0.15, 0.2) is 0 Å². The van der Waals surface area contributed by atoms with Crippen molar-refractivity contribution in [3.05, 3.63) is 32.6 Å². The molecule has 0 spiro atoms. The second kappa shape index (κ2) is 4.40. The van der Waals surface area contributed by atoms with E-state index in [1.54, 1.807) is 23.5 Å². The van der Waals surface area contributed by atoms with Crippen molar-refractivity contribution in [3.8, 4) is 11.4 Å². The molecule has 3 rings (SSSR count). The highest BCUT2D eigenvalue weighted by molar-refractivity contribution is 7.16. The van der Waals surface area contributed by atoms with Gasteiger partial charge < -0.3 is 10.7 Å². The molecule has 0 radical (unpaired) electrons. The Bertz CT molecular complexity index is 750. The van der Waals surface area contributed by atoms with Crippen LogP contribution in [0.1, 0.15) is 10.4 Å². The van der Waals surface area contributed by atoms with E-state index in [0.29, 0.717) is 10.0 Å². The van der Waals surface area contributed by atoms with Gasteiger partial charge in [0.2, 0.25) is 0 Å². The molecule has 3 nitrogen and oxygen atoms in total. The van der Waals surface area contributed by atoms with Crippen LogP contribution in [0.4, 0.5) is 5.00 Å². The fourth-order valence-electron chi connectivity index (χ4n) is 2.07. The zero-order valence-electron chi connectivity index (χ0n) is 10.3. The maximum absolute atomic E-state index is 6.06. The van der Waals surface area contributed by atoms with Crippen LogP contribution in [0, 0.1) is 13.8 Å². The number of hydrogen-bond acceptors (Lipinski definition) is 3. The molecule has 3 N–H and O–H groups in total. The summed E-state index contributed by atoms with van der Waals surface area (Å²) in [4.78, 5) is 8.99. The smallest absolute Gasteiger partial charge is 0.141 e. The van der Waals surface area contributed by atoms with Crippen LogP contribution in [-0.4, -0.2) is 9.97 Å². The molecule has 0 saturated heterocycles. The number of benzene rings is 1. The number of H-pyrrole nitrogens is 1. The van der Waals surface area contributed by atoms with Crippen LogP contribution >= 0.6 is 34.5 Å². The van der Waals surface area contributed by atoms with E-state index in [0.717, 1.165) is 33.0 Å². The minimum Gasteiger partial charge on any atom is -0.390 e. The number of hydrogen-bond donors (Lipinski definition) is 2. The Hall–Kier alpha value is -1.23. The summed E-state index contributed by atoms with van der Waals surface area (Å²) in [5.74, 6) is 0.757. The molecule has 0 atom stereocenters. The average molecular weight is 312 g/mol. The number of nitrogens with zero attached hydrogens (tertiary/aromatic N) is 1. The van der Waals surface area contributed by atoms with Crippen LogP contribution in [0.5, 0.6) is 0 Å². The summed E-state index contributed by atoms with van der Waals surface area (Å²) < 4.78 is 0. The molecule has 19 heavy (non-hydrogen) atoms. The van der Waals surface area contributed by atoms with Crippen LogP contribution in [-0.2, 0) is 0 Å². The number of halogens is 2. The van der Waals surface area contributed by atoms with Gasteiger partial charge in [-0.25, -0.2) is 4.98 Å². The first-order chi connectivity index (χ1) is 8.97. The van der Waals surface area contributed by atoms with Gasteiger partial charge >= 0.3 is 0 Å². The highest BCUT2D eigenvalue weighted by Gasteiger charge is 2.16. The number of rotatable bonds is 1. The van der Waals surface area contributed by atoms with E-state index < -0.39 is 0 Å². The van der Waals surface area contributed by atoms with Gasteiger partial charge in [-0.05, 0) is 31.5 Å². The summed E-state index contributed by atoms with van der Waals surface area (Å²) >= 11 is 13.6. The minimum absolute atomic E-state index is 0.499. The number of nitrogens with two attached hydrogens (primary N) is 1. The van der Waals surface area contributed by atoms with Crippen LogP contribution in [0.25, 0.3) is 22.4 Å². The molecule has 0 amide bonds. The van der Waals surface area contributed by atoms with Crippen molar-refractivity contribution < 1.29 is 0 Å². The van der Waals surface area contributed by atoms with E-state index in [9.17, 15) is 0 Å². The number of thiophene rings is 1. The molecule has 2 heterocycles. The maximum atomic E-state index is 6.06. The van der Waals surface area contributed by atoms with E-state index in [1.807, 2.05) is 6.92 Å². The SMILES string of the molecule is Cc1sc(N)c(-c2nc3cc(Cl)c(Cl)cc3[nH]2)c1C. The minimum atomic E-state index is 0.499. The summed E-state index contributed by atoms with van der Waals surface area (Å²) in [6.07, 6.45) is 0. The number of fused-ring (bicyclic) bond motifs is 1. The summed E-state index contributed by atoms with van der Waals surface area (Å²) in [6.45, 7) is 4.10. The summed E-state index contributed by atoms with van der Waals surface area (Å²) in [7, 11) is 0. The van der Waals surface area contributed by atoms with E-state index in [-0.39, 0.29) is 0 Å². The molecule has 3 aromatic rings. The Balaban J connectivity index is 2.26. The molecule has 0 saturated carbocycles. The third-order valence-corrected chi connectivity index (χ3v) is 4.93. The van der Waals surface area contributed by atoms with E-state index >= 15 is 0 Å². The van der Waals surface area contributed by atoms with Gasteiger partial charge in [-0.3, -0.25) is 0 Å². The van der Waals surface area contributed by atoms with Crippen LogP contribution < -0.4 is 5.73 Å². The van der Waals surface area contributed by atoms with Gasteiger partial charge in [0.1, 0.15) is 5.82 Å². The first-order valence-electron chi connectivity index (χ1n) is 5.68. The number of nitrogen functional groups attached to an aromatic ring is 1. The summed E-state index contributed by atoms with van der Waals surface area (Å²) in [5, 5.41) is 1.78. The lowest BCUT2D eigenvalue weighted by Gasteiger charge is -1.97. The predicted molar refractivity (Wildman–Crippen MR) is 83.3 cm³/mol. The zero-order chi connectivity index (χ0) is 13.7. The lowest BCUT2D eigenvalue weighted by Crippen LogP contribution is -1.87. The Morgan fingerprint density at radius 2 is 1.89 bits per heavy atom. The number of nitrogens with one attached hydrogen (secondary N) is 1. The number of anilines is 1. The van der Waals surface area contributed by atoms with Gasteiger partial charge in [-0.15, -0.1) is 11.3 Å². The molecule has 0 aliphatic heterocycles. The standard InChI is InChI=1S/C13H11Cl2N3S/c1-5-6(2)19-12(16)11(5)13-17-9-3-7(14)8(15)4-10(9)18-13/h3-4H,16H2,1-2H3,(H,17,18). The Kier molecular flexibility index (Phi) is 2.96. The molecule has 0 aliphatic carbocycles. The molecule has 1 aromatic carbocycles. The first-order valence-corrected chi connectivity index (χ1v) is 7.25. The molecule has 0 bridgehead atoms. The molecule has 98 valence electrons. The monoisotopic (exact) mass is 311 g/mol. The van der Waals surface area contributed by atoms with Crippen molar-refractivity contribution >= 4 is 50.6 Å². The van der Waals surface area contributed by atoms with E-state index in [2.05, 4.69) is 16.9 Å². The number of imidazole rings is 1. The van der Waals surface area contributed by atoms with E-state index in [1.165, 1.54) is 4.88 Å². The van der Waals surface area contributed by atoms with Gasteiger partial charge in [0.25, 0.3) is 0 Å². The average Bonchev–Trinajstić information content (AvgIpc) is 2.82. The number of aromatic amines is 1. The third kappa shape index (κ3) is 2.00. The normalized spacial score (nSPS) is 11.4. The van der Waals surface area contributed by atoms with Crippen LogP contribution in [0.15, 0.2) is 12.1 Å². The lowest BCUT2D eigenvalue weighted by atomic mass is 10.1. The van der Waals surface area contributed by atoms with Gasteiger partial charge in [-0.1, -0.05) is 23.2 Å². The molecule has 0 fully saturated rings. The zero-order valence-corrected chi connectivity index (χ0v) is 12.7. The molecule has 0 unspecified atom stereocenters. The summed E-state index contributed by atoms with van der Waals surface area (Å²) in [6, 6.07) is 3.53. The Morgan fingerprint density at radius 1 is 1.21 bits per heavy atom. The van der Waals surface area contributed by atoms with Gasteiger partial charge in [0.05, 0.1) is 31.6 Å².